The Morgan fingerprint density at radius 1 is 1.20 bits per heavy atom. The molecule has 152 valence electrons. The van der Waals surface area contributed by atoms with Crippen molar-refractivity contribution in [2.75, 3.05) is 17.2 Å². The van der Waals surface area contributed by atoms with Crippen LogP contribution in [-0.2, 0) is 16.1 Å². The van der Waals surface area contributed by atoms with Crippen LogP contribution < -0.4 is 10.6 Å². The number of carbonyl (C=O) groups is 1. The lowest BCUT2D eigenvalue weighted by Crippen LogP contribution is -2.26. The molecular formula is C22H22N6O2. The molecule has 2 N–H and O–H groups in total. The van der Waals surface area contributed by atoms with Crippen molar-refractivity contribution in [2.45, 2.75) is 32.4 Å². The number of nitrogens with one attached hydrogen (secondary N) is 2. The average Bonchev–Trinajstić information content (AvgIpc) is 3.42. The second kappa shape index (κ2) is 7.72. The Kier molecular flexibility index (Phi) is 4.76. The van der Waals surface area contributed by atoms with Gasteiger partial charge in [0.25, 0.3) is 5.91 Å². The van der Waals surface area contributed by atoms with Gasteiger partial charge in [-0.2, -0.15) is 4.52 Å². The zero-order chi connectivity index (χ0) is 20.5. The minimum Gasteiger partial charge on any atom is -0.368 e. The van der Waals surface area contributed by atoms with Gasteiger partial charge in [0.2, 0.25) is 5.95 Å². The van der Waals surface area contributed by atoms with E-state index in [0.717, 1.165) is 40.6 Å². The van der Waals surface area contributed by atoms with Gasteiger partial charge >= 0.3 is 0 Å². The van der Waals surface area contributed by atoms with Crippen LogP contribution in [0, 0.1) is 6.92 Å². The lowest BCUT2D eigenvalue weighted by atomic mass is 10.2. The Labute approximate surface area is 173 Å². The van der Waals surface area contributed by atoms with Gasteiger partial charge in [-0.1, -0.05) is 24.3 Å². The van der Waals surface area contributed by atoms with E-state index in [4.69, 9.17) is 9.72 Å². The summed E-state index contributed by atoms with van der Waals surface area (Å²) in [4.78, 5) is 21.6. The van der Waals surface area contributed by atoms with Gasteiger partial charge in [-0.3, -0.25) is 4.79 Å². The van der Waals surface area contributed by atoms with Crippen molar-refractivity contribution < 1.29 is 9.53 Å². The summed E-state index contributed by atoms with van der Waals surface area (Å²) in [5.41, 5.74) is 3.40. The van der Waals surface area contributed by atoms with Crippen LogP contribution in [0.3, 0.4) is 0 Å². The number of nitrogens with zero attached hydrogens (tertiary/aromatic N) is 4. The molecule has 5 rings (SSSR count). The van der Waals surface area contributed by atoms with E-state index in [-0.39, 0.29) is 12.0 Å². The van der Waals surface area contributed by atoms with Crippen LogP contribution in [-0.4, -0.2) is 38.2 Å². The number of benzene rings is 2. The zero-order valence-electron chi connectivity index (χ0n) is 16.6. The summed E-state index contributed by atoms with van der Waals surface area (Å²) < 4.78 is 7.19. The maximum atomic E-state index is 12.3. The SMILES string of the molecule is Cc1nc2c3ccccc3nc(NCc3cccc(NC(=O)C4CCCO4)c3)n2n1. The molecule has 3 heterocycles. The van der Waals surface area contributed by atoms with E-state index in [1.807, 2.05) is 55.5 Å². The topological polar surface area (TPSA) is 93.4 Å². The van der Waals surface area contributed by atoms with Gasteiger partial charge in [-0.15, -0.1) is 5.10 Å². The van der Waals surface area contributed by atoms with Crippen LogP contribution >= 0.6 is 0 Å². The van der Waals surface area contributed by atoms with E-state index in [9.17, 15) is 4.79 Å². The standard InChI is InChI=1S/C22H22N6O2/c1-14-24-20-17-8-2-3-9-18(17)26-22(28(20)27-14)23-13-15-6-4-7-16(12-15)25-21(29)19-10-5-11-30-19/h2-4,6-9,12,19H,5,10-11,13H2,1H3,(H,23,26)(H,25,29). The fraction of sp³-hybridized carbons (Fsp3) is 0.273. The number of para-hydroxylation sites is 1. The highest BCUT2D eigenvalue weighted by Crippen LogP contribution is 2.21. The number of aromatic nitrogens is 4. The molecule has 30 heavy (non-hydrogen) atoms. The van der Waals surface area contributed by atoms with Gasteiger partial charge in [0.05, 0.1) is 5.52 Å². The monoisotopic (exact) mass is 402 g/mol. The number of amides is 1. The van der Waals surface area contributed by atoms with Gasteiger partial charge in [0.15, 0.2) is 5.65 Å². The molecule has 0 bridgehead atoms. The Morgan fingerprint density at radius 3 is 2.97 bits per heavy atom. The predicted octanol–water partition coefficient (Wildman–Crippen LogP) is 3.32. The maximum Gasteiger partial charge on any atom is 0.253 e. The number of aryl methyl sites for hydroxylation is 1. The molecule has 8 heteroatoms. The number of rotatable bonds is 5. The van der Waals surface area contributed by atoms with Gasteiger partial charge in [-0.05, 0) is 49.6 Å². The molecule has 1 atom stereocenters. The molecule has 2 aromatic heterocycles. The first kappa shape index (κ1) is 18.5. The minimum absolute atomic E-state index is 0.0893. The Balaban J connectivity index is 1.37. The molecule has 1 aliphatic heterocycles. The van der Waals surface area contributed by atoms with Crippen molar-refractivity contribution >= 4 is 34.1 Å². The van der Waals surface area contributed by atoms with Crippen molar-refractivity contribution in [2.24, 2.45) is 0 Å². The molecule has 1 saturated heterocycles. The first-order valence-corrected chi connectivity index (χ1v) is 10.0. The highest BCUT2D eigenvalue weighted by Gasteiger charge is 2.23. The highest BCUT2D eigenvalue weighted by molar-refractivity contribution is 5.94. The largest absolute Gasteiger partial charge is 0.368 e. The molecule has 0 saturated carbocycles. The van der Waals surface area contributed by atoms with Crippen LogP contribution in [0.5, 0.6) is 0 Å². The van der Waals surface area contributed by atoms with Gasteiger partial charge < -0.3 is 15.4 Å². The molecule has 0 radical (unpaired) electrons. The van der Waals surface area contributed by atoms with Crippen molar-refractivity contribution in [1.82, 2.24) is 19.6 Å². The maximum absolute atomic E-state index is 12.3. The van der Waals surface area contributed by atoms with Crippen molar-refractivity contribution in [1.29, 1.82) is 0 Å². The molecule has 8 nitrogen and oxygen atoms in total. The van der Waals surface area contributed by atoms with E-state index in [1.54, 1.807) is 4.52 Å². The van der Waals surface area contributed by atoms with Crippen LogP contribution in [0.1, 0.15) is 24.2 Å². The summed E-state index contributed by atoms with van der Waals surface area (Å²) in [7, 11) is 0. The van der Waals surface area contributed by atoms with Crippen LogP contribution in [0.4, 0.5) is 11.6 Å². The molecular weight excluding hydrogens is 380 g/mol. The number of hydrogen-bond donors (Lipinski definition) is 2. The Bertz CT molecular complexity index is 1230. The molecule has 1 unspecified atom stereocenters. The zero-order valence-corrected chi connectivity index (χ0v) is 16.6. The average molecular weight is 402 g/mol. The summed E-state index contributed by atoms with van der Waals surface area (Å²) in [5, 5.41) is 11.7. The third-order valence-corrected chi connectivity index (χ3v) is 5.15. The first-order chi connectivity index (χ1) is 14.7. The summed E-state index contributed by atoms with van der Waals surface area (Å²) >= 11 is 0. The molecule has 0 aliphatic carbocycles. The molecule has 1 aliphatic rings. The Morgan fingerprint density at radius 2 is 2.10 bits per heavy atom. The second-order valence-electron chi connectivity index (χ2n) is 7.39. The van der Waals surface area contributed by atoms with Crippen LogP contribution in [0.2, 0.25) is 0 Å². The normalized spacial score (nSPS) is 16.2. The lowest BCUT2D eigenvalue weighted by molar-refractivity contribution is -0.124. The molecule has 2 aromatic carbocycles. The number of hydrogen-bond acceptors (Lipinski definition) is 6. The van der Waals surface area contributed by atoms with Crippen LogP contribution in [0.25, 0.3) is 16.6 Å². The van der Waals surface area contributed by atoms with Crippen molar-refractivity contribution in [3.05, 3.63) is 59.9 Å². The summed E-state index contributed by atoms with van der Waals surface area (Å²) in [5.74, 6) is 1.22. The molecule has 1 amide bonds. The van der Waals surface area contributed by atoms with Gasteiger partial charge in [0.1, 0.15) is 11.9 Å². The van der Waals surface area contributed by atoms with Crippen molar-refractivity contribution in [3.63, 3.8) is 0 Å². The van der Waals surface area contributed by atoms with Gasteiger partial charge in [-0.25, -0.2) is 9.97 Å². The summed E-state index contributed by atoms with van der Waals surface area (Å²) in [6, 6.07) is 15.6. The highest BCUT2D eigenvalue weighted by atomic mass is 16.5. The lowest BCUT2D eigenvalue weighted by Gasteiger charge is -2.12. The quantitative estimate of drug-likeness (QED) is 0.532. The van der Waals surface area contributed by atoms with E-state index in [2.05, 4.69) is 20.7 Å². The fourth-order valence-electron chi connectivity index (χ4n) is 3.72. The third kappa shape index (κ3) is 3.57. The van der Waals surface area contributed by atoms with E-state index >= 15 is 0 Å². The summed E-state index contributed by atoms with van der Waals surface area (Å²) in [6.45, 7) is 3.05. The Hall–Kier alpha value is -3.52. The minimum atomic E-state index is -0.350. The number of fused-ring (bicyclic) bond motifs is 3. The van der Waals surface area contributed by atoms with Gasteiger partial charge in [0, 0.05) is 24.2 Å². The first-order valence-electron chi connectivity index (χ1n) is 10.0. The predicted molar refractivity (Wildman–Crippen MR) is 114 cm³/mol. The summed E-state index contributed by atoms with van der Waals surface area (Å²) in [6.07, 6.45) is 1.35. The molecule has 1 fully saturated rings. The number of anilines is 2. The third-order valence-electron chi connectivity index (χ3n) is 5.15. The van der Waals surface area contributed by atoms with Crippen molar-refractivity contribution in [3.8, 4) is 0 Å². The number of ether oxygens (including phenoxy) is 1. The number of carbonyl (C=O) groups excluding carboxylic acids is 1. The van der Waals surface area contributed by atoms with E-state index in [1.165, 1.54) is 0 Å². The molecule has 4 aromatic rings. The van der Waals surface area contributed by atoms with Crippen LogP contribution in [0.15, 0.2) is 48.5 Å². The van der Waals surface area contributed by atoms with E-state index < -0.39 is 0 Å². The smallest absolute Gasteiger partial charge is 0.253 e. The fourth-order valence-corrected chi connectivity index (χ4v) is 3.72. The molecule has 0 spiro atoms. The second-order valence-corrected chi connectivity index (χ2v) is 7.39. The van der Waals surface area contributed by atoms with E-state index in [0.29, 0.717) is 24.9 Å².